The molecule has 0 fully saturated rings. The molecule has 3 nitrogen and oxygen atoms in total. The SMILES string of the molecule is Cc1nc2ccccc2nc1-c1cc(-c2ccccc2)c2ccccc2n1. The molecule has 0 saturated carbocycles. The topological polar surface area (TPSA) is 38.7 Å². The van der Waals surface area contributed by atoms with Crippen molar-refractivity contribution in [3.05, 3.63) is 90.6 Å². The minimum atomic E-state index is 0.830. The van der Waals surface area contributed by atoms with Crippen molar-refractivity contribution < 1.29 is 0 Å². The van der Waals surface area contributed by atoms with E-state index in [9.17, 15) is 0 Å². The highest BCUT2D eigenvalue weighted by atomic mass is 14.9. The summed E-state index contributed by atoms with van der Waals surface area (Å²) in [4.78, 5) is 14.5. The monoisotopic (exact) mass is 347 g/mol. The normalized spacial score (nSPS) is 11.1. The molecule has 128 valence electrons. The third kappa shape index (κ3) is 2.74. The summed E-state index contributed by atoms with van der Waals surface area (Å²) in [6.45, 7) is 1.99. The van der Waals surface area contributed by atoms with Crippen LogP contribution in [0.25, 0.3) is 44.5 Å². The summed E-state index contributed by atoms with van der Waals surface area (Å²) in [7, 11) is 0. The van der Waals surface area contributed by atoms with E-state index in [2.05, 4.69) is 48.5 Å². The van der Waals surface area contributed by atoms with Crippen molar-refractivity contribution in [3.8, 4) is 22.5 Å². The molecule has 27 heavy (non-hydrogen) atoms. The number of hydrogen-bond donors (Lipinski definition) is 0. The Morgan fingerprint density at radius 2 is 1.22 bits per heavy atom. The van der Waals surface area contributed by atoms with Gasteiger partial charge in [0.1, 0.15) is 5.69 Å². The fourth-order valence-electron chi connectivity index (χ4n) is 3.48. The van der Waals surface area contributed by atoms with Crippen molar-refractivity contribution in [2.24, 2.45) is 0 Å². The van der Waals surface area contributed by atoms with E-state index in [-0.39, 0.29) is 0 Å². The molecule has 0 radical (unpaired) electrons. The van der Waals surface area contributed by atoms with Crippen molar-refractivity contribution >= 4 is 21.9 Å². The molecule has 0 saturated heterocycles. The quantitative estimate of drug-likeness (QED) is 0.404. The molecular weight excluding hydrogens is 330 g/mol. The van der Waals surface area contributed by atoms with Crippen LogP contribution in [0.3, 0.4) is 0 Å². The Morgan fingerprint density at radius 1 is 0.593 bits per heavy atom. The Bertz CT molecular complexity index is 1280. The molecule has 0 spiro atoms. The van der Waals surface area contributed by atoms with Crippen LogP contribution in [0.1, 0.15) is 5.69 Å². The van der Waals surface area contributed by atoms with Gasteiger partial charge in [0.2, 0.25) is 0 Å². The van der Waals surface area contributed by atoms with Crippen LogP contribution < -0.4 is 0 Å². The summed E-state index contributed by atoms with van der Waals surface area (Å²) in [6, 6.07) is 28.7. The second-order valence-corrected chi connectivity index (χ2v) is 6.58. The third-order valence-corrected chi connectivity index (χ3v) is 4.79. The van der Waals surface area contributed by atoms with Gasteiger partial charge in [-0.3, -0.25) is 0 Å². The van der Waals surface area contributed by atoms with Crippen molar-refractivity contribution in [3.63, 3.8) is 0 Å². The molecule has 0 aliphatic heterocycles. The average molecular weight is 347 g/mol. The Morgan fingerprint density at radius 3 is 2.00 bits per heavy atom. The second-order valence-electron chi connectivity index (χ2n) is 6.58. The summed E-state index contributed by atoms with van der Waals surface area (Å²) < 4.78 is 0. The van der Waals surface area contributed by atoms with Gasteiger partial charge >= 0.3 is 0 Å². The van der Waals surface area contributed by atoms with Crippen LogP contribution in [0, 0.1) is 6.92 Å². The van der Waals surface area contributed by atoms with Crippen molar-refractivity contribution in [1.82, 2.24) is 15.0 Å². The van der Waals surface area contributed by atoms with Gasteiger partial charge in [0.15, 0.2) is 0 Å². The number of nitrogens with zero attached hydrogens (tertiary/aromatic N) is 3. The molecule has 0 aliphatic carbocycles. The number of pyridine rings is 1. The molecule has 2 aromatic heterocycles. The predicted octanol–water partition coefficient (Wildman–Crippen LogP) is 5.82. The van der Waals surface area contributed by atoms with Crippen LogP contribution in [-0.2, 0) is 0 Å². The number of rotatable bonds is 2. The highest BCUT2D eigenvalue weighted by Crippen LogP contribution is 2.32. The summed E-state index contributed by atoms with van der Waals surface area (Å²) in [5.41, 5.74) is 7.64. The molecule has 0 bridgehead atoms. The highest BCUT2D eigenvalue weighted by Gasteiger charge is 2.13. The van der Waals surface area contributed by atoms with Gasteiger partial charge in [-0.15, -0.1) is 0 Å². The fourth-order valence-corrected chi connectivity index (χ4v) is 3.48. The van der Waals surface area contributed by atoms with Crippen LogP contribution in [0.15, 0.2) is 84.9 Å². The van der Waals surface area contributed by atoms with Gasteiger partial charge in [0, 0.05) is 5.39 Å². The van der Waals surface area contributed by atoms with Gasteiger partial charge in [-0.05, 0) is 42.3 Å². The number of fused-ring (bicyclic) bond motifs is 2. The number of aryl methyl sites for hydroxylation is 1. The fraction of sp³-hybridized carbons (Fsp3) is 0.0417. The predicted molar refractivity (Wildman–Crippen MR) is 110 cm³/mol. The number of aromatic nitrogens is 3. The summed E-state index contributed by atoms with van der Waals surface area (Å²) in [5, 5.41) is 1.14. The Hall–Kier alpha value is -3.59. The zero-order valence-electron chi connectivity index (χ0n) is 14.9. The lowest BCUT2D eigenvalue weighted by Crippen LogP contribution is -1.97. The molecular formula is C24H17N3. The van der Waals surface area contributed by atoms with E-state index >= 15 is 0 Å². The second kappa shape index (κ2) is 6.29. The number of para-hydroxylation sites is 3. The van der Waals surface area contributed by atoms with Gasteiger partial charge in [-0.2, -0.15) is 0 Å². The van der Waals surface area contributed by atoms with Crippen molar-refractivity contribution in [1.29, 1.82) is 0 Å². The molecule has 3 aromatic carbocycles. The third-order valence-electron chi connectivity index (χ3n) is 4.79. The zero-order chi connectivity index (χ0) is 18.2. The van der Waals surface area contributed by atoms with E-state index in [1.165, 1.54) is 5.56 Å². The van der Waals surface area contributed by atoms with Gasteiger partial charge < -0.3 is 0 Å². The summed E-state index contributed by atoms with van der Waals surface area (Å²) in [5.74, 6) is 0. The van der Waals surface area contributed by atoms with E-state index in [4.69, 9.17) is 15.0 Å². The Labute approximate surface area is 157 Å². The number of hydrogen-bond acceptors (Lipinski definition) is 3. The minimum Gasteiger partial charge on any atom is -0.249 e. The first-order valence-corrected chi connectivity index (χ1v) is 8.98. The molecule has 0 N–H and O–H groups in total. The Kier molecular flexibility index (Phi) is 3.65. The number of benzene rings is 3. The van der Waals surface area contributed by atoms with E-state index in [1.54, 1.807) is 0 Å². The first kappa shape index (κ1) is 15.6. The van der Waals surface area contributed by atoms with E-state index in [0.29, 0.717) is 0 Å². The average Bonchev–Trinajstić information content (AvgIpc) is 2.73. The van der Waals surface area contributed by atoms with Crippen LogP contribution in [0.5, 0.6) is 0 Å². The van der Waals surface area contributed by atoms with Crippen molar-refractivity contribution in [2.45, 2.75) is 6.92 Å². The maximum atomic E-state index is 4.90. The summed E-state index contributed by atoms with van der Waals surface area (Å²) in [6.07, 6.45) is 0. The summed E-state index contributed by atoms with van der Waals surface area (Å²) >= 11 is 0. The molecule has 0 amide bonds. The molecule has 3 heteroatoms. The highest BCUT2D eigenvalue weighted by molar-refractivity contribution is 5.96. The van der Waals surface area contributed by atoms with Crippen LogP contribution >= 0.6 is 0 Å². The lowest BCUT2D eigenvalue weighted by atomic mass is 9.99. The molecule has 0 unspecified atom stereocenters. The van der Waals surface area contributed by atoms with Gasteiger partial charge in [-0.1, -0.05) is 60.7 Å². The lowest BCUT2D eigenvalue weighted by Gasteiger charge is -2.11. The van der Waals surface area contributed by atoms with Crippen LogP contribution in [-0.4, -0.2) is 15.0 Å². The molecule has 5 rings (SSSR count). The lowest BCUT2D eigenvalue weighted by molar-refractivity contribution is 1.17. The first-order valence-electron chi connectivity index (χ1n) is 8.98. The molecule has 2 heterocycles. The van der Waals surface area contributed by atoms with E-state index in [1.807, 2.05) is 43.3 Å². The maximum absolute atomic E-state index is 4.90. The first-order chi connectivity index (χ1) is 13.3. The van der Waals surface area contributed by atoms with E-state index < -0.39 is 0 Å². The van der Waals surface area contributed by atoms with Gasteiger partial charge in [0.05, 0.1) is 27.9 Å². The van der Waals surface area contributed by atoms with Crippen LogP contribution in [0.4, 0.5) is 0 Å². The van der Waals surface area contributed by atoms with Gasteiger partial charge in [0.25, 0.3) is 0 Å². The standard InChI is InChI=1S/C24H17N3/c1-16-24(27-22-14-8-7-13-21(22)25-16)23-15-19(17-9-3-2-4-10-17)18-11-5-6-12-20(18)26-23/h2-15H,1H3. The van der Waals surface area contributed by atoms with Crippen molar-refractivity contribution in [2.75, 3.05) is 0 Å². The largest absolute Gasteiger partial charge is 0.249 e. The smallest absolute Gasteiger partial charge is 0.111 e. The van der Waals surface area contributed by atoms with E-state index in [0.717, 1.165) is 44.6 Å². The minimum absolute atomic E-state index is 0.830. The molecule has 5 aromatic rings. The van der Waals surface area contributed by atoms with Crippen LogP contribution in [0.2, 0.25) is 0 Å². The van der Waals surface area contributed by atoms with Gasteiger partial charge in [-0.25, -0.2) is 15.0 Å². The Balaban J connectivity index is 1.81. The molecule has 0 aliphatic rings. The molecule has 0 atom stereocenters. The maximum Gasteiger partial charge on any atom is 0.111 e. The zero-order valence-corrected chi connectivity index (χ0v) is 14.9.